The first kappa shape index (κ1) is 16.5. The van der Waals surface area contributed by atoms with Crippen molar-refractivity contribution in [3.63, 3.8) is 0 Å². The van der Waals surface area contributed by atoms with E-state index in [9.17, 15) is 9.59 Å². The molecule has 0 fully saturated rings. The average molecular weight is 343 g/mol. The molecule has 1 aliphatic rings. The predicted octanol–water partition coefficient (Wildman–Crippen LogP) is 2.91. The monoisotopic (exact) mass is 343 g/mol. The van der Waals surface area contributed by atoms with Crippen molar-refractivity contribution < 1.29 is 9.59 Å². The minimum atomic E-state index is -0.189. The third-order valence-corrected chi connectivity index (χ3v) is 5.46. The lowest BCUT2D eigenvalue weighted by Gasteiger charge is -2.12. The number of anilines is 2. The van der Waals surface area contributed by atoms with Crippen LogP contribution in [0.2, 0.25) is 0 Å². The van der Waals surface area contributed by atoms with Gasteiger partial charge in [0.2, 0.25) is 0 Å². The van der Waals surface area contributed by atoms with Gasteiger partial charge in [-0.15, -0.1) is 11.3 Å². The number of fused-ring (bicyclic) bond motifs is 1. The van der Waals surface area contributed by atoms with Gasteiger partial charge in [-0.3, -0.25) is 9.59 Å². The SMILES string of the molecule is CNC(=O)c1c(NC(=O)c2ccc(N(C)C)cc2)sc2c1CCC2. The Labute approximate surface area is 145 Å². The number of carbonyl (C=O) groups excluding carboxylic acids is 2. The Morgan fingerprint density at radius 1 is 1.08 bits per heavy atom. The van der Waals surface area contributed by atoms with Crippen molar-refractivity contribution in [2.75, 3.05) is 31.4 Å². The molecule has 1 aliphatic carbocycles. The summed E-state index contributed by atoms with van der Waals surface area (Å²) in [6.07, 6.45) is 2.96. The van der Waals surface area contributed by atoms with Gasteiger partial charge < -0.3 is 15.5 Å². The number of hydrogen-bond donors (Lipinski definition) is 2. The van der Waals surface area contributed by atoms with Crippen LogP contribution in [0.3, 0.4) is 0 Å². The van der Waals surface area contributed by atoms with Gasteiger partial charge in [0, 0.05) is 37.3 Å². The highest BCUT2D eigenvalue weighted by Gasteiger charge is 2.27. The van der Waals surface area contributed by atoms with E-state index in [1.807, 2.05) is 31.1 Å². The first-order chi connectivity index (χ1) is 11.5. The third-order valence-electron chi connectivity index (χ3n) is 4.25. The minimum absolute atomic E-state index is 0.132. The second-order valence-electron chi connectivity index (χ2n) is 6.04. The molecule has 0 saturated carbocycles. The van der Waals surface area contributed by atoms with E-state index in [1.165, 1.54) is 16.2 Å². The Hall–Kier alpha value is -2.34. The Morgan fingerprint density at radius 2 is 1.79 bits per heavy atom. The fraction of sp³-hybridized carbons (Fsp3) is 0.333. The van der Waals surface area contributed by atoms with Gasteiger partial charge in [0.1, 0.15) is 5.00 Å². The summed E-state index contributed by atoms with van der Waals surface area (Å²) in [5.74, 6) is -0.321. The Balaban J connectivity index is 1.85. The molecule has 1 aromatic heterocycles. The van der Waals surface area contributed by atoms with Crippen molar-refractivity contribution in [2.24, 2.45) is 0 Å². The molecule has 5 nitrogen and oxygen atoms in total. The van der Waals surface area contributed by atoms with Crippen LogP contribution in [0.25, 0.3) is 0 Å². The second-order valence-corrected chi connectivity index (χ2v) is 7.14. The minimum Gasteiger partial charge on any atom is -0.378 e. The van der Waals surface area contributed by atoms with Crippen molar-refractivity contribution in [2.45, 2.75) is 19.3 Å². The highest BCUT2D eigenvalue weighted by atomic mass is 32.1. The Bertz CT molecular complexity index is 778. The van der Waals surface area contributed by atoms with Crippen molar-refractivity contribution in [1.29, 1.82) is 0 Å². The van der Waals surface area contributed by atoms with E-state index in [1.54, 1.807) is 19.2 Å². The number of nitrogens with zero attached hydrogens (tertiary/aromatic N) is 1. The summed E-state index contributed by atoms with van der Waals surface area (Å²) in [7, 11) is 5.53. The highest BCUT2D eigenvalue weighted by molar-refractivity contribution is 7.17. The van der Waals surface area contributed by atoms with Crippen LogP contribution in [-0.4, -0.2) is 33.0 Å². The first-order valence-electron chi connectivity index (χ1n) is 7.96. The van der Waals surface area contributed by atoms with Crippen molar-refractivity contribution in [1.82, 2.24) is 5.32 Å². The van der Waals surface area contributed by atoms with Crippen LogP contribution < -0.4 is 15.5 Å². The number of carbonyl (C=O) groups is 2. The van der Waals surface area contributed by atoms with Gasteiger partial charge in [0.05, 0.1) is 5.56 Å². The van der Waals surface area contributed by atoms with E-state index in [-0.39, 0.29) is 11.8 Å². The predicted molar refractivity (Wildman–Crippen MR) is 98.5 cm³/mol. The van der Waals surface area contributed by atoms with E-state index >= 15 is 0 Å². The van der Waals surface area contributed by atoms with Gasteiger partial charge in [-0.2, -0.15) is 0 Å². The average Bonchev–Trinajstić information content (AvgIpc) is 3.14. The van der Waals surface area contributed by atoms with E-state index in [2.05, 4.69) is 10.6 Å². The zero-order valence-corrected chi connectivity index (χ0v) is 14.9. The van der Waals surface area contributed by atoms with E-state index in [0.717, 1.165) is 30.5 Å². The maximum Gasteiger partial charge on any atom is 0.256 e. The third kappa shape index (κ3) is 3.01. The van der Waals surface area contributed by atoms with E-state index < -0.39 is 0 Å². The van der Waals surface area contributed by atoms with E-state index in [0.29, 0.717) is 16.1 Å². The molecule has 6 heteroatoms. The number of amides is 2. The molecule has 0 bridgehead atoms. The molecule has 2 aromatic rings. The molecule has 0 atom stereocenters. The summed E-state index contributed by atoms with van der Waals surface area (Å²) >= 11 is 1.52. The van der Waals surface area contributed by atoms with Crippen LogP contribution in [0, 0.1) is 0 Å². The lowest BCUT2D eigenvalue weighted by molar-refractivity contribution is 0.0963. The lowest BCUT2D eigenvalue weighted by Crippen LogP contribution is -2.21. The van der Waals surface area contributed by atoms with Crippen LogP contribution >= 0.6 is 11.3 Å². The van der Waals surface area contributed by atoms with Gasteiger partial charge in [0.25, 0.3) is 11.8 Å². The smallest absolute Gasteiger partial charge is 0.256 e. The molecule has 24 heavy (non-hydrogen) atoms. The number of benzene rings is 1. The van der Waals surface area contributed by atoms with Gasteiger partial charge in [-0.25, -0.2) is 0 Å². The van der Waals surface area contributed by atoms with Gasteiger partial charge in [-0.1, -0.05) is 0 Å². The number of hydrogen-bond acceptors (Lipinski definition) is 4. The van der Waals surface area contributed by atoms with Crippen LogP contribution in [0.5, 0.6) is 0 Å². The number of nitrogens with one attached hydrogen (secondary N) is 2. The molecule has 0 saturated heterocycles. The Morgan fingerprint density at radius 3 is 2.42 bits per heavy atom. The van der Waals surface area contributed by atoms with Crippen LogP contribution in [0.1, 0.15) is 37.6 Å². The molecule has 2 amide bonds. The van der Waals surface area contributed by atoms with Crippen LogP contribution in [0.15, 0.2) is 24.3 Å². The van der Waals surface area contributed by atoms with E-state index in [4.69, 9.17) is 0 Å². The fourth-order valence-electron chi connectivity index (χ4n) is 2.94. The van der Waals surface area contributed by atoms with Crippen molar-refractivity contribution >= 4 is 33.8 Å². The second kappa shape index (κ2) is 6.65. The molecule has 0 aliphatic heterocycles. The van der Waals surface area contributed by atoms with Crippen molar-refractivity contribution in [3.8, 4) is 0 Å². The summed E-state index contributed by atoms with van der Waals surface area (Å²) in [6.45, 7) is 0. The maximum absolute atomic E-state index is 12.5. The number of aryl methyl sites for hydroxylation is 1. The first-order valence-corrected chi connectivity index (χ1v) is 8.78. The van der Waals surface area contributed by atoms with Gasteiger partial charge in [0.15, 0.2) is 0 Å². The van der Waals surface area contributed by atoms with Crippen molar-refractivity contribution in [3.05, 3.63) is 45.8 Å². The number of thiophene rings is 1. The van der Waals surface area contributed by atoms with Gasteiger partial charge in [-0.05, 0) is 49.1 Å². The molecule has 0 spiro atoms. The Kier molecular flexibility index (Phi) is 4.57. The topological polar surface area (TPSA) is 61.4 Å². The fourth-order valence-corrected chi connectivity index (χ4v) is 4.23. The summed E-state index contributed by atoms with van der Waals surface area (Å²) in [6, 6.07) is 7.41. The summed E-state index contributed by atoms with van der Waals surface area (Å²) in [4.78, 5) is 28.0. The lowest BCUT2D eigenvalue weighted by atomic mass is 10.1. The summed E-state index contributed by atoms with van der Waals surface area (Å²) in [5, 5.41) is 6.26. The molecule has 0 radical (unpaired) electrons. The molecule has 1 heterocycles. The molecular formula is C18H21N3O2S. The molecule has 126 valence electrons. The maximum atomic E-state index is 12.5. The van der Waals surface area contributed by atoms with Crippen LogP contribution in [0.4, 0.5) is 10.7 Å². The molecule has 1 aromatic carbocycles. The zero-order chi connectivity index (χ0) is 17.3. The molecule has 0 unspecified atom stereocenters. The highest BCUT2D eigenvalue weighted by Crippen LogP contribution is 2.39. The number of rotatable bonds is 4. The van der Waals surface area contributed by atoms with Crippen LogP contribution in [-0.2, 0) is 12.8 Å². The standard InChI is InChI=1S/C18H21N3O2S/c1-19-17(23)15-13-5-4-6-14(13)24-18(15)20-16(22)11-7-9-12(10-8-11)21(2)3/h7-10H,4-6H2,1-3H3,(H,19,23)(H,20,22). The summed E-state index contributed by atoms with van der Waals surface area (Å²) < 4.78 is 0. The molecular weight excluding hydrogens is 322 g/mol. The molecule has 2 N–H and O–H groups in total. The molecule has 3 rings (SSSR count). The quantitative estimate of drug-likeness (QED) is 0.897. The normalized spacial score (nSPS) is 12.6. The largest absolute Gasteiger partial charge is 0.378 e. The van der Waals surface area contributed by atoms with Gasteiger partial charge >= 0.3 is 0 Å². The zero-order valence-electron chi connectivity index (χ0n) is 14.1. The summed E-state index contributed by atoms with van der Waals surface area (Å²) in [5.41, 5.74) is 3.34.